The Morgan fingerprint density at radius 1 is 0.944 bits per heavy atom. The fourth-order valence-corrected chi connectivity index (χ4v) is 4.23. The van der Waals surface area contributed by atoms with E-state index in [4.69, 9.17) is 5.26 Å². The van der Waals surface area contributed by atoms with Crippen molar-refractivity contribution in [2.24, 2.45) is 0 Å². The molecule has 5 rings (SSSR count). The molecule has 11 heteroatoms. The van der Waals surface area contributed by atoms with Crippen LogP contribution in [0.3, 0.4) is 0 Å². The van der Waals surface area contributed by atoms with Crippen molar-refractivity contribution < 1.29 is 24.2 Å². The lowest BCUT2D eigenvalue weighted by molar-refractivity contribution is 0.208. The molecule has 0 spiro atoms. The van der Waals surface area contributed by atoms with Crippen molar-refractivity contribution in [3.05, 3.63) is 78.4 Å². The summed E-state index contributed by atoms with van der Waals surface area (Å²) >= 11 is 0. The van der Waals surface area contributed by atoms with Crippen molar-refractivity contribution in [2.45, 2.75) is 0 Å². The first kappa shape index (κ1) is 22.3. The highest BCUT2D eigenvalue weighted by Crippen LogP contribution is 2.42. The van der Waals surface area contributed by atoms with Gasteiger partial charge in [-0.25, -0.2) is 23.9 Å². The van der Waals surface area contributed by atoms with Crippen LogP contribution in [0.15, 0.2) is 60.7 Å². The number of anilines is 2. The second-order valence-electron chi connectivity index (χ2n) is 7.58. The van der Waals surface area contributed by atoms with Crippen molar-refractivity contribution in [2.75, 3.05) is 10.6 Å². The number of amides is 2. The normalized spacial score (nSPS) is 10.8. The Morgan fingerprint density at radius 3 is 2.25 bits per heavy atom. The van der Waals surface area contributed by atoms with Gasteiger partial charge in [-0.2, -0.15) is 5.26 Å². The van der Waals surface area contributed by atoms with Gasteiger partial charge in [0.25, 0.3) is 0 Å². The number of nitriles is 1. The van der Waals surface area contributed by atoms with Gasteiger partial charge in [-0.05, 0) is 35.9 Å². The molecule has 0 unspecified atom stereocenters. The summed E-state index contributed by atoms with van der Waals surface area (Å²) in [6.45, 7) is 0. The van der Waals surface area contributed by atoms with Crippen molar-refractivity contribution >= 4 is 45.6 Å². The second-order valence-corrected chi connectivity index (χ2v) is 7.58. The number of hydrogen-bond acceptors (Lipinski definition) is 5. The maximum atomic E-state index is 14.6. The number of carbonyl (C=O) groups is 2. The highest BCUT2D eigenvalue weighted by atomic mass is 19.1. The predicted octanol–water partition coefficient (Wildman–Crippen LogP) is 5.23. The monoisotopic (exact) mass is 481 g/mol. The van der Waals surface area contributed by atoms with E-state index in [2.05, 4.69) is 26.9 Å². The topological polar surface area (TPSA) is 153 Å². The fourth-order valence-electron chi connectivity index (χ4n) is 4.23. The van der Waals surface area contributed by atoms with E-state index in [1.807, 2.05) is 24.3 Å². The summed E-state index contributed by atoms with van der Waals surface area (Å²) in [6.07, 6.45) is -0.561. The van der Waals surface area contributed by atoms with Gasteiger partial charge in [0.2, 0.25) is 6.33 Å². The summed E-state index contributed by atoms with van der Waals surface area (Å²) in [7, 11) is 0. The van der Waals surface area contributed by atoms with Crippen LogP contribution in [0.2, 0.25) is 0 Å². The number of para-hydroxylation sites is 1. The minimum atomic E-state index is -1.41. The lowest BCUT2D eigenvalue weighted by Crippen LogP contribution is -2.15. The molecular weight excluding hydrogens is 467 g/mol. The van der Waals surface area contributed by atoms with Gasteiger partial charge in [-0.15, -0.1) is 0 Å². The molecule has 36 heavy (non-hydrogen) atoms. The first-order valence-electron chi connectivity index (χ1n) is 10.4. The zero-order valence-corrected chi connectivity index (χ0v) is 18.2. The molecular formula is C25H14FN6O4. The summed E-state index contributed by atoms with van der Waals surface area (Å²) in [5.74, 6) is -1.02. The zero-order valence-electron chi connectivity index (χ0n) is 18.2. The summed E-state index contributed by atoms with van der Waals surface area (Å²) in [5.41, 5.74) is 2.21. The van der Waals surface area contributed by atoms with Crippen LogP contribution in [0, 0.1) is 23.5 Å². The molecule has 2 aromatic heterocycles. The fraction of sp³-hybridized carbons (Fsp3) is 0. The summed E-state index contributed by atoms with van der Waals surface area (Å²) < 4.78 is 16.3. The lowest BCUT2D eigenvalue weighted by Gasteiger charge is -2.14. The Balaban J connectivity index is 1.89. The molecule has 3 aromatic carbocycles. The van der Waals surface area contributed by atoms with Crippen LogP contribution in [0.4, 0.5) is 25.6 Å². The largest absolute Gasteiger partial charge is 0.465 e. The van der Waals surface area contributed by atoms with Gasteiger partial charge in [0.15, 0.2) is 0 Å². The summed E-state index contributed by atoms with van der Waals surface area (Å²) in [6, 6.07) is 18.5. The van der Waals surface area contributed by atoms with Gasteiger partial charge in [-0.3, -0.25) is 10.6 Å². The Bertz CT molecular complexity index is 1710. The summed E-state index contributed by atoms with van der Waals surface area (Å²) in [5, 5.41) is 33.5. The van der Waals surface area contributed by atoms with Crippen LogP contribution in [0.1, 0.15) is 5.56 Å². The Kier molecular flexibility index (Phi) is 5.39. The van der Waals surface area contributed by atoms with Crippen LogP contribution in [0.5, 0.6) is 0 Å². The first-order valence-corrected chi connectivity index (χ1v) is 10.4. The molecule has 0 atom stereocenters. The number of fused-ring (bicyclic) bond motifs is 3. The van der Waals surface area contributed by atoms with E-state index in [-0.39, 0.29) is 22.8 Å². The van der Waals surface area contributed by atoms with E-state index in [1.165, 1.54) is 12.1 Å². The number of benzene rings is 3. The SMILES string of the molecule is N#Cc1ccc(-n2c3ccccc3c3c(-c4c(NC(=O)O)n[c]nc4NC(=O)O)cccc32)cc1F. The van der Waals surface area contributed by atoms with Gasteiger partial charge >= 0.3 is 12.2 Å². The van der Waals surface area contributed by atoms with E-state index >= 15 is 0 Å². The van der Waals surface area contributed by atoms with Gasteiger partial charge in [-0.1, -0.05) is 30.3 Å². The second kappa shape index (κ2) is 8.69. The molecule has 1 radical (unpaired) electrons. The van der Waals surface area contributed by atoms with Crippen molar-refractivity contribution in [1.82, 2.24) is 14.5 Å². The van der Waals surface area contributed by atoms with Gasteiger partial charge < -0.3 is 14.8 Å². The molecule has 4 N–H and O–H groups in total. The molecule has 0 aliphatic heterocycles. The van der Waals surface area contributed by atoms with E-state index in [0.29, 0.717) is 27.7 Å². The number of hydrogen-bond donors (Lipinski definition) is 4. The standard InChI is InChI=1S/C25H14FN6O4/c26-17-10-14(9-8-13(17)11-27)32-18-6-2-1-4-15(18)20-16(5-3-7-19(20)32)21-22(30-24(33)34)28-12-29-23(21)31-25(35)36/h1-10H,(H,33,34)(H,35,36)(H2,28,29,30,31). The van der Waals surface area contributed by atoms with Crippen molar-refractivity contribution in [3.63, 3.8) is 0 Å². The maximum Gasteiger partial charge on any atom is 0.410 e. The first-order chi connectivity index (χ1) is 17.4. The predicted molar refractivity (Wildman–Crippen MR) is 129 cm³/mol. The lowest BCUT2D eigenvalue weighted by atomic mass is 10.00. The molecule has 5 aromatic rings. The van der Waals surface area contributed by atoms with Crippen LogP contribution in [-0.4, -0.2) is 36.9 Å². The molecule has 0 aliphatic carbocycles. The third kappa shape index (κ3) is 3.68. The molecule has 0 bridgehead atoms. The average molecular weight is 481 g/mol. The number of nitrogens with zero attached hydrogens (tertiary/aromatic N) is 4. The quantitative estimate of drug-likeness (QED) is 0.274. The van der Waals surface area contributed by atoms with Crippen molar-refractivity contribution in [1.29, 1.82) is 5.26 Å². The van der Waals surface area contributed by atoms with Crippen molar-refractivity contribution in [3.8, 4) is 22.9 Å². The number of halogens is 1. The third-order valence-corrected chi connectivity index (χ3v) is 5.55. The minimum Gasteiger partial charge on any atom is -0.465 e. The van der Waals surface area contributed by atoms with E-state index in [1.54, 1.807) is 34.9 Å². The smallest absolute Gasteiger partial charge is 0.410 e. The van der Waals surface area contributed by atoms with E-state index < -0.39 is 18.0 Å². The van der Waals surface area contributed by atoms with E-state index in [0.717, 1.165) is 5.39 Å². The summed E-state index contributed by atoms with van der Waals surface area (Å²) in [4.78, 5) is 30.7. The third-order valence-electron chi connectivity index (χ3n) is 5.55. The molecule has 10 nitrogen and oxygen atoms in total. The molecule has 0 saturated carbocycles. The molecule has 0 fully saturated rings. The number of rotatable bonds is 4. The van der Waals surface area contributed by atoms with Crippen LogP contribution in [-0.2, 0) is 0 Å². The number of carboxylic acid groups (broad SMARTS) is 2. The van der Waals surface area contributed by atoms with Gasteiger partial charge in [0.05, 0.1) is 22.2 Å². The zero-order chi connectivity index (χ0) is 25.4. The van der Waals surface area contributed by atoms with Crippen LogP contribution >= 0.6 is 0 Å². The Morgan fingerprint density at radius 2 is 1.61 bits per heavy atom. The molecule has 2 heterocycles. The molecule has 2 amide bonds. The van der Waals surface area contributed by atoms with Gasteiger partial charge in [0.1, 0.15) is 23.5 Å². The van der Waals surface area contributed by atoms with Crippen LogP contribution < -0.4 is 10.6 Å². The average Bonchev–Trinajstić information content (AvgIpc) is 3.18. The Labute approximate surface area is 201 Å². The highest BCUT2D eigenvalue weighted by molar-refractivity contribution is 6.18. The van der Waals surface area contributed by atoms with Crippen LogP contribution in [0.25, 0.3) is 38.6 Å². The highest BCUT2D eigenvalue weighted by Gasteiger charge is 2.23. The Hall–Kier alpha value is -5.50. The van der Waals surface area contributed by atoms with Gasteiger partial charge in [0, 0.05) is 16.5 Å². The molecule has 0 saturated heterocycles. The maximum absolute atomic E-state index is 14.6. The van der Waals surface area contributed by atoms with E-state index in [9.17, 15) is 24.2 Å². The molecule has 175 valence electrons. The number of aromatic nitrogens is 3. The molecule has 0 aliphatic rings. The number of nitrogens with one attached hydrogen (secondary N) is 2. The minimum absolute atomic E-state index is 0.0911.